The Morgan fingerprint density at radius 1 is 1.14 bits per heavy atom. The molecule has 0 heterocycles. The number of hydrogen-bond donors (Lipinski definition) is 1. The van der Waals surface area contributed by atoms with E-state index >= 15 is 0 Å². The topological polar surface area (TPSA) is 21.3 Å². The van der Waals surface area contributed by atoms with Crippen LogP contribution in [-0.4, -0.2) is 26.8 Å². The van der Waals surface area contributed by atoms with Crippen molar-refractivity contribution in [2.45, 2.75) is 39.5 Å². The molecule has 0 bridgehead atoms. The van der Waals surface area contributed by atoms with E-state index in [1.807, 2.05) is 0 Å². The van der Waals surface area contributed by atoms with Gasteiger partial charge in [-0.15, -0.1) is 0 Å². The Labute approximate surface area is 138 Å². The maximum atomic E-state index is 5.10. The maximum Gasteiger partial charge on any atom is 0.0587 e. The van der Waals surface area contributed by atoms with Crippen LogP contribution < -0.4 is 5.32 Å². The van der Waals surface area contributed by atoms with E-state index in [2.05, 4.69) is 59.4 Å². The predicted molar refractivity (Wildman–Crippen MR) is 94.8 cm³/mol. The number of nitrogens with one attached hydrogen (secondary N) is 1. The van der Waals surface area contributed by atoms with Crippen molar-refractivity contribution >= 4 is 15.9 Å². The van der Waals surface area contributed by atoms with Crippen LogP contribution in [0.1, 0.15) is 38.7 Å². The summed E-state index contributed by atoms with van der Waals surface area (Å²) in [6, 6.07) is 8.74. The Hall–Kier alpha value is -0.380. The quantitative estimate of drug-likeness (QED) is 0.582. The summed E-state index contributed by atoms with van der Waals surface area (Å²) in [6.07, 6.45) is 5.11. The number of ether oxygens (including phenoxy) is 1. The Kier molecular flexibility index (Phi) is 9.98. The number of methoxy groups -OCH3 is 1. The van der Waals surface area contributed by atoms with Crippen LogP contribution in [0.25, 0.3) is 0 Å². The van der Waals surface area contributed by atoms with E-state index in [4.69, 9.17) is 4.74 Å². The molecule has 1 atom stereocenters. The second-order valence-corrected chi connectivity index (χ2v) is 7.13. The van der Waals surface area contributed by atoms with Crippen molar-refractivity contribution in [1.82, 2.24) is 5.32 Å². The Balaban J connectivity index is 2.43. The minimum atomic E-state index is 0.710. The molecule has 3 heteroatoms. The lowest BCUT2D eigenvalue weighted by molar-refractivity contribution is 0.197. The van der Waals surface area contributed by atoms with Crippen molar-refractivity contribution in [3.63, 3.8) is 0 Å². The number of benzene rings is 1. The van der Waals surface area contributed by atoms with Gasteiger partial charge in [-0.1, -0.05) is 54.8 Å². The molecule has 1 rings (SSSR count). The first-order valence-electron chi connectivity index (χ1n) is 8.06. The summed E-state index contributed by atoms with van der Waals surface area (Å²) >= 11 is 3.50. The van der Waals surface area contributed by atoms with Crippen molar-refractivity contribution in [2.24, 2.45) is 11.8 Å². The van der Waals surface area contributed by atoms with Crippen LogP contribution in [0.5, 0.6) is 0 Å². The lowest BCUT2D eigenvalue weighted by atomic mass is 9.92. The summed E-state index contributed by atoms with van der Waals surface area (Å²) in [5.41, 5.74) is 1.43. The van der Waals surface area contributed by atoms with Crippen molar-refractivity contribution in [3.8, 4) is 0 Å². The zero-order chi connectivity index (χ0) is 15.5. The Morgan fingerprint density at radius 2 is 1.86 bits per heavy atom. The monoisotopic (exact) mass is 355 g/mol. The van der Waals surface area contributed by atoms with Gasteiger partial charge >= 0.3 is 0 Å². The molecule has 0 aliphatic carbocycles. The summed E-state index contributed by atoms with van der Waals surface area (Å²) in [4.78, 5) is 0. The maximum absolute atomic E-state index is 5.10. The molecule has 0 saturated carbocycles. The molecule has 0 aliphatic heterocycles. The van der Waals surface area contributed by atoms with Gasteiger partial charge in [0, 0.05) is 18.1 Å². The van der Waals surface area contributed by atoms with Crippen LogP contribution in [0.15, 0.2) is 28.7 Å². The molecule has 1 N–H and O–H groups in total. The minimum Gasteiger partial charge on any atom is -0.383 e. The third-order valence-corrected chi connectivity index (χ3v) is 4.28. The largest absolute Gasteiger partial charge is 0.383 e. The van der Waals surface area contributed by atoms with Gasteiger partial charge in [0.1, 0.15) is 0 Å². The molecule has 0 aliphatic rings. The molecule has 1 aromatic carbocycles. The van der Waals surface area contributed by atoms with Crippen LogP contribution in [0.4, 0.5) is 0 Å². The smallest absolute Gasteiger partial charge is 0.0587 e. The lowest BCUT2D eigenvalue weighted by Gasteiger charge is -2.18. The molecule has 0 spiro atoms. The third-order valence-electron chi connectivity index (χ3n) is 3.75. The highest BCUT2D eigenvalue weighted by Gasteiger charge is 2.10. The molecule has 1 aromatic rings. The van der Waals surface area contributed by atoms with E-state index in [9.17, 15) is 0 Å². The number of halogens is 1. The van der Waals surface area contributed by atoms with Crippen molar-refractivity contribution in [1.29, 1.82) is 0 Å². The molecule has 120 valence electrons. The van der Waals surface area contributed by atoms with E-state index in [1.54, 1.807) is 7.11 Å². The molecule has 0 fully saturated rings. The van der Waals surface area contributed by atoms with Gasteiger partial charge < -0.3 is 10.1 Å². The highest BCUT2D eigenvalue weighted by atomic mass is 79.9. The van der Waals surface area contributed by atoms with E-state index < -0.39 is 0 Å². The fraction of sp³-hybridized carbons (Fsp3) is 0.667. The standard InChI is InChI=1S/C18H30BrNO/c1-15(2)5-4-6-17(14-20-11-12-21-3)13-16-7-9-18(19)10-8-16/h7-10,15,17,20H,4-6,11-14H2,1-3H3. The van der Waals surface area contributed by atoms with Crippen molar-refractivity contribution in [3.05, 3.63) is 34.3 Å². The third kappa shape index (κ3) is 9.28. The SMILES string of the molecule is COCCNCC(CCCC(C)C)Cc1ccc(Br)cc1. The Bertz CT molecular complexity index is 364. The molecule has 0 aromatic heterocycles. The summed E-state index contributed by atoms with van der Waals surface area (Å²) in [6.45, 7) is 7.42. The summed E-state index contributed by atoms with van der Waals surface area (Å²) in [5.74, 6) is 1.52. The summed E-state index contributed by atoms with van der Waals surface area (Å²) in [5, 5.41) is 3.52. The average Bonchev–Trinajstić information content (AvgIpc) is 2.45. The van der Waals surface area contributed by atoms with Crippen LogP contribution in [0, 0.1) is 11.8 Å². The van der Waals surface area contributed by atoms with Crippen LogP contribution >= 0.6 is 15.9 Å². The Morgan fingerprint density at radius 3 is 2.48 bits per heavy atom. The van der Waals surface area contributed by atoms with Gasteiger partial charge in [-0.05, 0) is 48.9 Å². The predicted octanol–water partition coefficient (Wildman–Crippen LogP) is 4.67. The van der Waals surface area contributed by atoms with Crippen LogP contribution in [0.3, 0.4) is 0 Å². The molecule has 0 amide bonds. The zero-order valence-corrected chi connectivity index (χ0v) is 15.3. The molecule has 2 nitrogen and oxygen atoms in total. The number of rotatable bonds is 11. The average molecular weight is 356 g/mol. The fourth-order valence-electron chi connectivity index (χ4n) is 2.53. The van der Waals surface area contributed by atoms with Crippen LogP contribution in [-0.2, 0) is 11.2 Å². The molecule has 0 saturated heterocycles. The van der Waals surface area contributed by atoms with Crippen LogP contribution in [0.2, 0.25) is 0 Å². The molecule has 0 radical (unpaired) electrons. The number of hydrogen-bond acceptors (Lipinski definition) is 2. The molecule has 1 unspecified atom stereocenters. The highest BCUT2D eigenvalue weighted by molar-refractivity contribution is 9.10. The normalized spacial score (nSPS) is 12.8. The minimum absolute atomic E-state index is 0.710. The second-order valence-electron chi connectivity index (χ2n) is 6.22. The van der Waals surface area contributed by atoms with Crippen molar-refractivity contribution < 1.29 is 4.74 Å². The first-order chi connectivity index (χ1) is 10.1. The van der Waals surface area contributed by atoms with Gasteiger partial charge in [0.2, 0.25) is 0 Å². The first-order valence-corrected chi connectivity index (χ1v) is 8.85. The van der Waals surface area contributed by atoms with Gasteiger partial charge in [0.15, 0.2) is 0 Å². The van der Waals surface area contributed by atoms with E-state index in [0.29, 0.717) is 5.92 Å². The van der Waals surface area contributed by atoms with Crippen molar-refractivity contribution in [2.75, 3.05) is 26.8 Å². The molecule has 21 heavy (non-hydrogen) atoms. The van der Waals surface area contributed by atoms with Gasteiger partial charge in [0.25, 0.3) is 0 Å². The van der Waals surface area contributed by atoms with Gasteiger partial charge in [-0.25, -0.2) is 0 Å². The van der Waals surface area contributed by atoms with E-state index in [0.717, 1.165) is 36.5 Å². The summed E-state index contributed by atoms with van der Waals surface area (Å²) in [7, 11) is 1.75. The van der Waals surface area contributed by atoms with Gasteiger partial charge in [-0.3, -0.25) is 0 Å². The lowest BCUT2D eigenvalue weighted by Crippen LogP contribution is -2.27. The van der Waals surface area contributed by atoms with Gasteiger partial charge in [-0.2, -0.15) is 0 Å². The van der Waals surface area contributed by atoms with Gasteiger partial charge in [0.05, 0.1) is 6.61 Å². The molecular weight excluding hydrogens is 326 g/mol. The fourth-order valence-corrected chi connectivity index (χ4v) is 2.79. The zero-order valence-electron chi connectivity index (χ0n) is 13.7. The second kappa shape index (κ2) is 11.2. The molecular formula is C18H30BrNO. The highest BCUT2D eigenvalue weighted by Crippen LogP contribution is 2.18. The van der Waals surface area contributed by atoms with E-state index in [-0.39, 0.29) is 0 Å². The summed E-state index contributed by atoms with van der Waals surface area (Å²) < 4.78 is 6.25. The van der Waals surface area contributed by atoms with E-state index in [1.165, 1.54) is 24.8 Å². The first kappa shape index (κ1) is 18.7.